The van der Waals surface area contributed by atoms with E-state index < -0.39 is 17.6 Å². The first-order valence-electron chi connectivity index (χ1n) is 22.4. The van der Waals surface area contributed by atoms with E-state index >= 15 is 0 Å². The Kier molecular flexibility index (Phi) is 16.7. The van der Waals surface area contributed by atoms with Crippen molar-refractivity contribution in [2.45, 2.75) is 111 Å². The number of thiazole rings is 1. The lowest BCUT2D eigenvalue weighted by atomic mass is 9.84. The molecule has 1 aliphatic heterocycles. The van der Waals surface area contributed by atoms with Crippen molar-refractivity contribution in [1.82, 2.24) is 34.6 Å². The third-order valence-corrected chi connectivity index (χ3v) is 13.5. The summed E-state index contributed by atoms with van der Waals surface area (Å²) in [6.07, 6.45) is 4.37. The number of ether oxygens (including phenoxy) is 2. The molecule has 1 N–H and O–H groups in total. The molecule has 4 aromatic rings. The molecule has 3 amide bonds. The van der Waals surface area contributed by atoms with Gasteiger partial charge in [-0.05, 0) is 108 Å². The normalized spacial score (nSPS) is 16.0. The lowest BCUT2D eigenvalue weighted by molar-refractivity contribution is -0.141. The Labute approximate surface area is 384 Å². The molecule has 1 aromatic carbocycles. The van der Waals surface area contributed by atoms with E-state index in [0.717, 1.165) is 58.4 Å². The van der Waals surface area contributed by atoms with E-state index in [1.165, 1.54) is 16.9 Å². The average Bonchev–Trinajstić information content (AvgIpc) is 3.96. The Balaban J connectivity index is 1.33. The van der Waals surface area contributed by atoms with Crippen LogP contribution in [0.2, 0.25) is 0 Å². The number of pyridine rings is 1. The quantitative estimate of drug-likeness (QED) is 0.0730. The molecule has 4 atom stereocenters. The van der Waals surface area contributed by atoms with E-state index in [9.17, 15) is 19.2 Å². The molecule has 1 fully saturated rings. The van der Waals surface area contributed by atoms with Gasteiger partial charge in [-0.15, -0.1) is 11.3 Å². The molecule has 0 spiro atoms. The molecule has 1 saturated heterocycles. The topological polar surface area (TPSA) is 139 Å². The van der Waals surface area contributed by atoms with Crippen molar-refractivity contribution >= 4 is 46.2 Å². The first kappa shape index (κ1) is 50.1. The highest BCUT2D eigenvalue weighted by molar-refractivity contribution is 7.10. The lowest BCUT2D eigenvalue weighted by Gasteiger charge is -2.31. The van der Waals surface area contributed by atoms with Crippen molar-refractivity contribution < 1.29 is 28.7 Å². The van der Waals surface area contributed by atoms with Crippen LogP contribution in [0.1, 0.15) is 90.6 Å². The maximum Gasteiger partial charge on any atom is 0.298 e. The second-order valence-corrected chi connectivity index (χ2v) is 19.8. The number of amides is 3. The molecule has 14 heteroatoms. The van der Waals surface area contributed by atoms with Gasteiger partial charge < -0.3 is 34.0 Å². The molecule has 1 aliphatic rings. The summed E-state index contributed by atoms with van der Waals surface area (Å²) in [5.41, 5.74) is 6.45. The van der Waals surface area contributed by atoms with Gasteiger partial charge in [-0.3, -0.25) is 24.3 Å². The lowest BCUT2D eigenvalue weighted by Crippen LogP contribution is -2.53. The van der Waals surface area contributed by atoms with Gasteiger partial charge in [0, 0.05) is 86.8 Å². The van der Waals surface area contributed by atoms with Gasteiger partial charge in [0.1, 0.15) is 12.3 Å². The number of aldehydes is 1. The van der Waals surface area contributed by atoms with E-state index in [1.54, 1.807) is 31.1 Å². The highest BCUT2D eigenvalue weighted by atomic mass is 32.1. The molecule has 0 saturated carbocycles. The zero-order valence-electron chi connectivity index (χ0n) is 40.2. The number of carbonyl (C=O) groups excluding carboxylic acids is 4. The van der Waals surface area contributed by atoms with Crippen molar-refractivity contribution in [3.63, 3.8) is 0 Å². The molecule has 5 rings (SSSR count). The van der Waals surface area contributed by atoms with Gasteiger partial charge in [0.25, 0.3) is 5.91 Å². The minimum atomic E-state index is -0.832. The Morgan fingerprint density at radius 3 is 2.48 bits per heavy atom. The van der Waals surface area contributed by atoms with Crippen LogP contribution < -0.4 is 5.32 Å². The highest BCUT2D eigenvalue weighted by Gasteiger charge is 2.41. The zero-order valence-corrected chi connectivity index (χ0v) is 41.0. The molecule has 4 unspecified atom stereocenters. The van der Waals surface area contributed by atoms with E-state index in [1.807, 2.05) is 71.3 Å². The van der Waals surface area contributed by atoms with Gasteiger partial charge in [-0.1, -0.05) is 39.7 Å². The van der Waals surface area contributed by atoms with Crippen LogP contribution in [0.5, 0.6) is 0 Å². The largest absolute Gasteiger partial charge is 0.384 e. The molecule has 346 valence electrons. The second kappa shape index (κ2) is 21.4. The van der Waals surface area contributed by atoms with Crippen LogP contribution in [0.25, 0.3) is 33.4 Å². The number of likely N-dealkylation sites (tertiary alicyclic amines) is 1. The van der Waals surface area contributed by atoms with Gasteiger partial charge in [0.15, 0.2) is 0 Å². The fourth-order valence-corrected chi connectivity index (χ4v) is 9.34. The molecule has 13 nitrogen and oxygen atoms in total. The minimum absolute atomic E-state index is 0.115. The maximum atomic E-state index is 13.9. The summed E-state index contributed by atoms with van der Waals surface area (Å²) in [5.74, 6) is 4.46. The fraction of sp³-hybridized carbons (Fsp3) is 0.560. The summed E-state index contributed by atoms with van der Waals surface area (Å²) in [5, 5.41) is 6.76. The summed E-state index contributed by atoms with van der Waals surface area (Å²) in [6.45, 7) is 18.4. The van der Waals surface area contributed by atoms with Gasteiger partial charge in [0.05, 0.1) is 46.4 Å². The molecule has 0 aliphatic carbocycles. The number of methoxy groups -OCH3 is 2. The minimum Gasteiger partial charge on any atom is -0.384 e. The van der Waals surface area contributed by atoms with Crippen LogP contribution >= 0.6 is 11.3 Å². The summed E-state index contributed by atoms with van der Waals surface area (Å²) >= 11 is 1.45. The van der Waals surface area contributed by atoms with Crippen LogP contribution in [0.15, 0.2) is 41.9 Å². The fourth-order valence-electron chi connectivity index (χ4n) is 8.47. The van der Waals surface area contributed by atoms with E-state index in [0.29, 0.717) is 37.5 Å². The summed E-state index contributed by atoms with van der Waals surface area (Å²) in [7, 11) is 8.96. The van der Waals surface area contributed by atoms with Gasteiger partial charge >= 0.3 is 0 Å². The standard InChI is InChI=1S/C50H69N7O6S/c1-14-56-41-18-17-35(26-38(41)39(28-49(5,6)31-62-12)46(56)37-16-15-23-51-44(37)33(4)63-13)40-30-64-42(53-40)27-36(29-58)52-47(60)45(32(2)3)57-25-21-34(48(57)61)20-24-55(11)43(59)19-22-50(7,8)54(9)10/h15-18,23,26,29-30,32-34,36,45H,14,20-21,24-25,27-28,31H2,1-13H3,(H,52,60). The molecule has 64 heavy (non-hydrogen) atoms. The molecular formula is C50H69N7O6S. The smallest absolute Gasteiger partial charge is 0.298 e. The molecule has 0 bridgehead atoms. The number of hydrogen-bond donors (Lipinski definition) is 1. The Morgan fingerprint density at radius 1 is 1.11 bits per heavy atom. The first-order valence-corrected chi connectivity index (χ1v) is 23.2. The summed E-state index contributed by atoms with van der Waals surface area (Å²) in [4.78, 5) is 67.8. The van der Waals surface area contributed by atoms with Crippen molar-refractivity contribution in [2.24, 2.45) is 17.3 Å². The Hall–Kier alpha value is -4.94. The number of carbonyl (C=O) groups is 4. The predicted octanol–water partition coefficient (Wildman–Crippen LogP) is 7.06. The zero-order chi connectivity index (χ0) is 47.1. The number of aromatic nitrogens is 3. The monoisotopic (exact) mass is 896 g/mol. The second-order valence-electron chi connectivity index (χ2n) is 18.9. The molecular weight excluding hydrogens is 827 g/mol. The van der Waals surface area contributed by atoms with E-state index in [2.05, 4.69) is 66.8 Å². The third kappa shape index (κ3) is 11.5. The van der Waals surface area contributed by atoms with E-state index in [-0.39, 0.29) is 47.5 Å². The van der Waals surface area contributed by atoms with Crippen molar-refractivity contribution in [1.29, 1.82) is 0 Å². The number of hydrogen-bond acceptors (Lipinski definition) is 10. The first-order chi connectivity index (χ1) is 30.3. The summed E-state index contributed by atoms with van der Waals surface area (Å²) in [6, 6.07) is 8.98. The summed E-state index contributed by atoms with van der Waals surface area (Å²) < 4.78 is 13.8. The van der Waals surface area contributed by atoms with Crippen molar-refractivity contribution in [3.05, 3.63) is 58.2 Å². The van der Waals surface area contributed by atoms with Crippen LogP contribution in [0, 0.1) is 29.1 Å². The van der Waals surface area contributed by atoms with Crippen molar-refractivity contribution in [2.75, 3.05) is 55.1 Å². The van der Waals surface area contributed by atoms with Crippen LogP contribution in [-0.4, -0.2) is 126 Å². The Bertz CT molecular complexity index is 2350. The molecule has 0 radical (unpaired) electrons. The number of benzene rings is 1. The predicted molar refractivity (Wildman–Crippen MR) is 255 cm³/mol. The average molecular weight is 896 g/mol. The van der Waals surface area contributed by atoms with Crippen LogP contribution in [0.4, 0.5) is 0 Å². The van der Waals surface area contributed by atoms with Gasteiger partial charge in [-0.25, -0.2) is 4.98 Å². The molecule has 4 heterocycles. The Morgan fingerprint density at radius 2 is 1.84 bits per heavy atom. The number of fused-ring (bicyclic) bond motifs is 1. The molecule has 3 aromatic heterocycles. The maximum absolute atomic E-state index is 13.9. The third-order valence-electron chi connectivity index (χ3n) is 12.6. The SMILES string of the molecule is CCn1c(-c2cccnc2C(C)OC)c(CC(C)(C)COC)c2cc(-c3csc(CC(C=O)NC(=O)C(C(C)C)N4CCC(CCN(C)C(=O)C#CC(C)(C)N(C)C)C4=O)n3)ccc21. The number of aryl methyl sites for hydroxylation is 1. The van der Waals surface area contributed by atoms with Gasteiger partial charge in [-0.2, -0.15) is 0 Å². The van der Waals surface area contributed by atoms with Crippen molar-refractivity contribution in [3.8, 4) is 34.4 Å². The van der Waals surface area contributed by atoms with Gasteiger partial charge in [0.2, 0.25) is 11.8 Å². The number of rotatable bonds is 20. The highest BCUT2D eigenvalue weighted by Crippen LogP contribution is 2.42. The van der Waals surface area contributed by atoms with Crippen LogP contribution in [-0.2, 0) is 48.0 Å². The van der Waals surface area contributed by atoms with E-state index in [4.69, 9.17) is 19.4 Å². The number of nitrogens with one attached hydrogen (secondary N) is 1. The number of nitrogens with zero attached hydrogens (tertiary/aromatic N) is 6. The van der Waals surface area contributed by atoms with Crippen LogP contribution in [0.3, 0.4) is 0 Å².